The van der Waals surface area contributed by atoms with Gasteiger partial charge in [-0.15, -0.1) is 0 Å². The molecule has 0 radical (unpaired) electrons. The summed E-state index contributed by atoms with van der Waals surface area (Å²) in [6, 6.07) is 6.27. The van der Waals surface area contributed by atoms with Gasteiger partial charge in [-0.05, 0) is 23.6 Å². The molecule has 1 unspecified atom stereocenters. The number of ether oxygens (including phenoxy) is 1. The lowest BCUT2D eigenvalue weighted by molar-refractivity contribution is -0.141. The fourth-order valence-electron chi connectivity index (χ4n) is 1.73. The summed E-state index contributed by atoms with van der Waals surface area (Å²) < 4.78 is 5.07. The number of nitrogens with one attached hydrogen (secondary N) is 1. The largest absolute Gasteiger partial charge is 0.482 e. The minimum Gasteiger partial charge on any atom is -0.482 e. The Morgan fingerprint density at radius 1 is 1.30 bits per heavy atom. The molecule has 0 fully saturated rings. The SMILES string of the molecule is CC(C)C(NCc1cccc(OCC(=O)O)c1)C(=O)O. The first-order chi connectivity index (χ1) is 9.40. The quantitative estimate of drug-likeness (QED) is 0.665. The summed E-state index contributed by atoms with van der Waals surface area (Å²) in [5.41, 5.74) is 0.833. The third-order valence-electron chi connectivity index (χ3n) is 2.72. The Kier molecular flexibility index (Phi) is 5.99. The summed E-state index contributed by atoms with van der Waals surface area (Å²) >= 11 is 0. The summed E-state index contributed by atoms with van der Waals surface area (Å²) in [6.45, 7) is 3.64. The van der Waals surface area contributed by atoms with E-state index in [2.05, 4.69) is 5.32 Å². The Labute approximate surface area is 117 Å². The van der Waals surface area contributed by atoms with Gasteiger partial charge >= 0.3 is 11.9 Å². The zero-order chi connectivity index (χ0) is 15.1. The summed E-state index contributed by atoms with van der Waals surface area (Å²) in [5.74, 6) is -1.51. The predicted octanol–water partition coefficient (Wildman–Crippen LogP) is 1.35. The van der Waals surface area contributed by atoms with E-state index in [-0.39, 0.29) is 5.92 Å². The topological polar surface area (TPSA) is 95.9 Å². The number of benzene rings is 1. The van der Waals surface area contributed by atoms with Crippen molar-refractivity contribution in [3.05, 3.63) is 29.8 Å². The number of carbonyl (C=O) groups is 2. The molecule has 0 aliphatic carbocycles. The molecule has 6 nitrogen and oxygen atoms in total. The lowest BCUT2D eigenvalue weighted by atomic mass is 10.0. The smallest absolute Gasteiger partial charge is 0.341 e. The lowest BCUT2D eigenvalue weighted by Crippen LogP contribution is -2.40. The molecule has 1 aromatic rings. The second kappa shape index (κ2) is 7.49. The van der Waals surface area contributed by atoms with Crippen molar-refractivity contribution in [2.45, 2.75) is 26.4 Å². The number of carboxylic acids is 2. The summed E-state index contributed by atoms with van der Waals surface area (Å²) in [7, 11) is 0. The van der Waals surface area contributed by atoms with Gasteiger partial charge in [-0.3, -0.25) is 4.79 Å². The maximum absolute atomic E-state index is 11.1. The molecule has 110 valence electrons. The van der Waals surface area contributed by atoms with Crippen molar-refractivity contribution >= 4 is 11.9 Å². The van der Waals surface area contributed by atoms with E-state index in [4.69, 9.17) is 14.9 Å². The highest BCUT2D eigenvalue weighted by atomic mass is 16.5. The van der Waals surface area contributed by atoms with Crippen LogP contribution in [0.4, 0.5) is 0 Å². The van der Waals surface area contributed by atoms with E-state index in [9.17, 15) is 9.59 Å². The van der Waals surface area contributed by atoms with Crippen molar-refractivity contribution in [3.63, 3.8) is 0 Å². The van der Waals surface area contributed by atoms with Crippen LogP contribution in [-0.4, -0.2) is 34.8 Å². The van der Waals surface area contributed by atoms with Gasteiger partial charge in [0, 0.05) is 6.54 Å². The highest BCUT2D eigenvalue weighted by Crippen LogP contribution is 2.14. The third-order valence-corrected chi connectivity index (χ3v) is 2.72. The predicted molar refractivity (Wildman–Crippen MR) is 72.7 cm³/mol. The standard InChI is InChI=1S/C14H19NO5/c1-9(2)13(14(18)19)15-7-10-4-3-5-11(6-10)20-8-12(16)17/h3-6,9,13,15H,7-8H2,1-2H3,(H,16,17)(H,18,19). The van der Waals surface area contributed by atoms with Crippen LogP contribution in [0.25, 0.3) is 0 Å². The van der Waals surface area contributed by atoms with Crippen LogP contribution >= 0.6 is 0 Å². The average Bonchev–Trinajstić information content (AvgIpc) is 2.36. The first-order valence-electron chi connectivity index (χ1n) is 6.30. The fourth-order valence-corrected chi connectivity index (χ4v) is 1.73. The van der Waals surface area contributed by atoms with Crippen molar-refractivity contribution in [1.82, 2.24) is 5.32 Å². The van der Waals surface area contributed by atoms with Crippen LogP contribution in [-0.2, 0) is 16.1 Å². The van der Waals surface area contributed by atoms with Gasteiger partial charge in [0.25, 0.3) is 0 Å². The van der Waals surface area contributed by atoms with Gasteiger partial charge in [0.15, 0.2) is 6.61 Å². The van der Waals surface area contributed by atoms with E-state index in [1.165, 1.54) is 0 Å². The minimum atomic E-state index is -1.04. The Morgan fingerprint density at radius 3 is 2.55 bits per heavy atom. The molecule has 20 heavy (non-hydrogen) atoms. The molecule has 0 saturated carbocycles. The summed E-state index contributed by atoms with van der Waals surface area (Å²) in [6.07, 6.45) is 0. The zero-order valence-electron chi connectivity index (χ0n) is 11.5. The van der Waals surface area contributed by atoms with E-state index in [0.29, 0.717) is 12.3 Å². The monoisotopic (exact) mass is 281 g/mol. The molecule has 0 amide bonds. The first-order valence-corrected chi connectivity index (χ1v) is 6.30. The van der Waals surface area contributed by atoms with Gasteiger partial charge < -0.3 is 20.3 Å². The van der Waals surface area contributed by atoms with Crippen LogP contribution in [0.3, 0.4) is 0 Å². The van der Waals surface area contributed by atoms with Gasteiger partial charge in [-0.1, -0.05) is 26.0 Å². The van der Waals surface area contributed by atoms with Crippen LogP contribution in [0.2, 0.25) is 0 Å². The maximum Gasteiger partial charge on any atom is 0.341 e. The Morgan fingerprint density at radius 2 is 2.00 bits per heavy atom. The van der Waals surface area contributed by atoms with Crippen molar-refractivity contribution in [3.8, 4) is 5.75 Å². The van der Waals surface area contributed by atoms with E-state index < -0.39 is 24.6 Å². The van der Waals surface area contributed by atoms with Gasteiger partial charge in [-0.2, -0.15) is 0 Å². The molecule has 6 heteroatoms. The molecule has 0 aromatic heterocycles. The van der Waals surface area contributed by atoms with Gasteiger partial charge in [0.1, 0.15) is 11.8 Å². The van der Waals surface area contributed by atoms with Crippen molar-refractivity contribution in [2.75, 3.05) is 6.61 Å². The normalized spacial score (nSPS) is 12.2. The number of hydrogen-bond donors (Lipinski definition) is 3. The average molecular weight is 281 g/mol. The van der Waals surface area contributed by atoms with Gasteiger partial charge in [0.05, 0.1) is 0 Å². The van der Waals surface area contributed by atoms with Crippen LogP contribution in [0.1, 0.15) is 19.4 Å². The highest BCUT2D eigenvalue weighted by Gasteiger charge is 2.20. The van der Waals surface area contributed by atoms with E-state index in [1.54, 1.807) is 18.2 Å². The lowest BCUT2D eigenvalue weighted by Gasteiger charge is -2.18. The van der Waals surface area contributed by atoms with Crippen molar-refractivity contribution in [1.29, 1.82) is 0 Å². The molecule has 1 rings (SSSR count). The van der Waals surface area contributed by atoms with E-state index in [0.717, 1.165) is 5.56 Å². The van der Waals surface area contributed by atoms with Crippen LogP contribution in [0, 0.1) is 5.92 Å². The summed E-state index contributed by atoms with van der Waals surface area (Å²) in [5, 5.41) is 20.6. The molecular formula is C14H19NO5. The van der Waals surface area contributed by atoms with E-state index in [1.807, 2.05) is 19.9 Å². The second-order valence-corrected chi connectivity index (χ2v) is 4.77. The zero-order valence-corrected chi connectivity index (χ0v) is 11.5. The third kappa shape index (κ3) is 5.27. The van der Waals surface area contributed by atoms with Crippen LogP contribution < -0.4 is 10.1 Å². The Bertz CT molecular complexity index is 472. The molecule has 0 saturated heterocycles. The fraction of sp³-hybridized carbons (Fsp3) is 0.429. The Balaban J connectivity index is 2.61. The van der Waals surface area contributed by atoms with Gasteiger partial charge in [0.2, 0.25) is 0 Å². The Hall–Kier alpha value is -2.08. The number of carboxylic acid groups (broad SMARTS) is 2. The van der Waals surface area contributed by atoms with Crippen LogP contribution in [0.15, 0.2) is 24.3 Å². The molecule has 0 heterocycles. The van der Waals surface area contributed by atoms with Crippen molar-refractivity contribution in [2.24, 2.45) is 5.92 Å². The summed E-state index contributed by atoms with van der Waals surface area (Å²) in [4.78, 5) is 21.5. The molecule has 1 atom stereocenters. The first kappa shape index (κ1) is 16.0. The molecule has 0 aliphatic rings. The molecule has 0 spiro atoms. The second-order valence-electron chi connectivity index (χ2n) is 4.77. The molecular weight excluding hydrogens is 262 g/mol. The maximum atomic E-state index is 11.1. The minimum absolute atomic E-state index is 0.0288. The number of rotatable bonds is 8. The van der Waals surface area contributed by atoms with Crippen LogP contribution in [0.5, 0.6) is 5.75 Å². The number of aliphatic carboxylic acids is 2. The molecule has 0 bridgehead atoms. The molecule has 1 aromatic carbocycles. The molecule has 3 N–H and O–H groups in total. The molecule has 0 aliphatic heterocycles. The number of hydrogen-bond acceptors (Lipinski definition) is 4. The van der Waals surface area contributed by atoms with Gasteiger partial charge in [-0.25, -0.2) is 4.79 Å². The van der Waals surface area contributed by atoms with E-state index >= 15 is 0 Å². The highest BCUT2D eigenvalue weighted by molar-refractivity contribution is 5.73. The van der Waals surface area contributed by atoms with Crippen molar-refractivity contribution < 1.29 is 24.5 Å².